The average Bonchev–Trinajstić information content (AvgIpc) is 2.85. The van der Waals surface area contributed by atoms with E-state index in [1.54, 1.807) is 0 Å². The number of aromatic nitrogens is 2. The summed E-state index contributed by atoms with van der Waals surface area (Å²) in [5, 5.41) is 4.14. The molecule has 2 rings (SSSR count). The lowest BCUT2D eigenvalue weighted by molar-refractivity contribution is 0.0875. The van der Waals surface area contributed by atoms with Gasteiger partial charge in [-0.25, -0.2) is 0 Å². The van der Waals surface area contributed by atoms with Crippen molar-refractivity contribution in [3.63, 3.8) is 0 Å². The molecule has 2 N–H and O–H groups in total. The van der Waals surface area contributed by atoms with Gasteiger partial charge >= 0.3 is 0 Å². The summed E-state index contributed by atoms with van der Waals surface area (Å²) in [4.78, 5) is 0. The fraction of sp³-hybridized carbons (Fsp3) is 0.727. The molecule has 0 spiro atoms. The van der Waals surface area contributed by atoms with Crippen LogP contribution in [0.25, 0.3) is 0 Å². The minimum absolute atomic E-state index is 0.169. The van der Waals surface area contributed by atoms with Crippen LogP contribution in [0.5, 0.6) is 0 Å². The standard InChI is InChI=1S/C11H19N3O/c1-14-9(6-7-13-14)4-5-10(12)11-3-2-8-15-11/h6-7,10-11H,2-5,8,12H2,1H3. The van der Waals surface area contributed by atoms with E-state index in [0.717, 1.165) is 32.3 Å². The van der Waals surface area contributed by atoms with Gasteiger partial charge in [-0.05, 0) is 31.7 Å². The van der Waals surface area contributed by atoms with E-state index in [1.807, 2.05) is 24.0 Å². The first-order valence-corrected chi connectivity index (χ1v) is 5.61. The van der Waals surface area contributed by atoms with Crippen molar-refractivity contribution in [2.75, 3.05) is 6.61 Å². The zero-order valence-corrected chi connectivity index (χ0v) is 9.22. The van der Waals surface area contributed by atoms with Gasteiger partial charge in [-0.1, -0.05) is 0 Å². The van der Waals surface area contributed by atoms with Gasteiger partial charge in [-0.2, -0.15) is 5.10 Å². The first-order chi connectivity index (χ1) is 7.27. The molecule has 1 aliphatic rings. The molecule has 2 heterocycles. The van der Waals surface area contributed by atoms with Crippen LogP contribution in [-0.4, -0.2) is 28.5 Å². The Hall–Kier alpha value is -0.870. The van der Waals surface area contributed by atoms with E-state index in [1.165, 1.54) is 5.69 Å². The number of nitrogens with zero attached hydrogens (tertiary/aromatic N) is 2. The number of rotatable bonds is 4. The van der Waals surface area contributed by atoms with Crippen LogP contribution in [0.2, 0.25) is 0 Å². The van der Waals surface area contributed by atoms with Crippen LogP contribution in [-0.2, 0) is 18.2 Å². The molecule has 0 amide bonds. The van der Waals surface area contributed by atoms with Crippen molar-refractivity contribution in [1.29, 1.82) is 0 Å². The molecule has 0 aliphatic carbocycles. The molecule has 84 valence electrons. The van der Waals surface area contributed by atoms with Crippen molar-refractivity contribution in [3.05, 3.63) is 18.0 Å². The smallest absolute Gasteiger partial charge is 0.0726 e. The predicted octanol–water partition coefficient (Wildman–Crippen LogP) is 0.859. The monoisotopic (exact) mass is 209 g/mol. The summed E-state index contributed by atoms with van der Waals surface area (Å²) in [7, 11) is 1.97. The summed E-state index contributed by atoms with van der Waals surface area (Å²) >= 11 is 0. The number of nitrogens with two attached hydrogens (primary N) is 1. The fourth-order valence-electron chi connectivity index (χ4n) is 2.09. The Kier molecular flexibility index (Phi) is 3.38. The van der Waals surface area contributed by atoms with E-state index in [2.05, 4.69) is 5.10 Å². The van der Waals surface area contributed by atoms with Gasteiger partial charge in [0.25, 0.3) is 0 Å². The van der Waals surface area contributed by atoms with E-state index < -0.39 is 0 Å². The van der Waals surface area contributed by atoms with Gasteiger partial charge < -0.3 is 10.5 Å². The topological polar surface area (TPSA) is 53.1 Å². The van der Waals surface area contributed by atoms with E-state index in [0.29, 0.717) is 0 Å². The van der Waals surface area contributed by atoms with Gasteiger partial charge in [-0.15, -0.1) is 0 Å². The second-order valence-electron chi connectivity index (χ2n) is 4.20. The van der Waals surface area contributed by atoms with Crippen LogP contribution >= 0.6 is 0 Å². The highest BCUT2D eigenvalue weighted by atomic mass is 16.5. The largest absolute Gasteiger partial charge is 0.377 e. The number of hydrogen-bond acceptors (Lipinski definition) is 3. The molecule has 1 aromatic rings. The summed E-state index contributed by atoms with van der Waals surface area (Å²) in [6.45, 7) is 0.879. The van der Waals surface area contributed by atoms with Crippen molar-refractivity contribution >= 4 is 0 Å². The van der Waals surface area contributed by atoms with Gasteiger partial charge in [0.2, 0.25) is 0 Å². The summed E-state index contributed by atoms with van der Waals surface area (Å²) in [5.74, 6) is 0. The molecule has 2 unspecified atom stereocenters. The number of aryl methyl sites for hydroxylation is 2. The molecule has 2 atom stereocenters. The lowest BCUT2D eigenvalue weighted by Crippen LogP contribution is -2.34. The quantitative estimate of drug-likeness (QED) is 0.800. The maximum absolute atomic E-state index is 6.09. The average molecular weight is 209 g/mol. The summed E-state index contributed by atoms with van der Waals surface area (Å²) in [6.07, 6.45) is 6.34. The van der Waals surface area contributed by atoms with Gasteiger partial charge in [0, 0.05) is 31.6 Å². The molecule has 0 saturated carbocycles. The molecule has 1 aliphatic heterocycles. The van der Waals surface area contributed by atoms with Crippen molar-refractivity contribution in [2.24, 2.45) is 12.8 Å². The van der Waals surface area contributed by atoms with Crippen molar-refractivity contribution in [2.45, 2.75) is 37.8 Å². The van der Waals surface area contributed by atoms with E-state index >= 15 is 0 Å². The molecule has 1 saturated heterocycles. The molecule has 0 aromatic carbocycles. The molecule has 4 heteroatoms. The molecular formula is C11H19N3O. The molecule has 4 nitrogen and oxygen atoms in total. The Labute approximate surface area is 90.4 Å². The van der Waals surface area contributed by atoms with E-state index in [9.17, 15) is 0 Å². The third kappa shape index (κ3) is 2.58. The van der Waals surface area contributed by atoms with Crippen molar-refractivity contribution in [3.8, 4) is 0 Å². The first-order valence-electron chi connectivity index (χ1n) is 5.61. The highest BCUT2D eigenvalue weighted by Crippen LogP contribution is 2.17. The van der Waals surface area contributed by atoms with Crippen LogP contribution in [0.4, 0.5) is 0 Å². The molecule has 0 radical (unpaired) electrons. The van der Waals surface area contributed by atoms with E-state index in [-0.39, 0.29) is 12.1 Å². The maximum atomic E-state index is 6.09. The van der Waals surface area contributed by atoms with Crippen LogP contribution in [0.1, 0.15) is 25.0 Å². The highest BCUT2D eigenvalue weighted by molar-refractivity contribution is 5.00. The highest BCUT2D eigenvalue weighted by Gasteiger charge is 2.22. The van der Waals surface area contributed by atoms with Crippen LogP contribution in [0.15, 0.2) is 12.3 Å². The van der Waals surface area contributed by atoms with Gasteiger partial charge in [0.1, 0.15) is 0 Å². The molecular weight excluding hydrogens is 190 g/mol. The first kappa shape index (κ1) is 10.6. The predicted molar refractivity (Wildman–Crippen MR) is 58.5 cm³/mol. The number of hydrogen-bond donors (Lipinski definition) is 1. The Bertz CT molecular complexity index is 305. The molecule has 1 fully saturated rings. The van der Waals surface area contributed by atoms with Crippen LogP contribution in [0.3, 0.4) is 0 Å². The fourth-order valence-corrected chi connectivity index (χ4v) is 2.09. The molecule has 0 bridgehead atoms. The minimum Gasteiger partial charge on any atom is -0.377 e. The van der Waals surface area contributed by atoms with E-state index in [4.69, 9.17) is 10.5 Å². The Morgan fingerprint density at radius 3 is 3.20 bits per heavy atom. The Morgan fingerprint density at radius 1 is 1.73 bits per heavy atom. The normalized spacial score (nSPS) is 23.2. The summed E-state index contributed by atoms with van der Waals surface area (Å²) in [5.41, 5.74) is 7.33. The lowest BCUT2D eigenvalue weighted by Gasteiger charge is -2.18. The van der Waals surface area contributed by atoms with Gasteiger partial charge in [0.05, 0.1) is 6.10 Å². The Balaban J connectivity index is 1.80. The zero-order valence-electron chi connectivity index (χ0n) is 9.22. The number of ether oxygens (including phenoxy) is 1. The second kappa shape index (κ2) is 4.77. The lowest BCUT2D eigenvalue weighted by atomic mass is 10.0. The van der Waals surface area contributed by atoms with Gasteiger partial charge in [0.15, 0.2) is 0 Å². The third-order valence-electron chi connectivity index (χ3n) is 3.10. The van der Waals surface area contributed by atoms with Crippen LogP contribution < -0.4 is 5.73 Å². The third-order valence-corrected chi connectivity index (χ3v) is 3.10. The van der Waals surface area contributed by atoms with Crippen LogP contribution in [0, 0.1) is 0 Å². The SMILES string of the molecule is Cn1nccc1CCC(N)C1CCCO1. The maximum Gasteiger partial charge on any atom is 0.0726 e. The molecule has 15 heavy (non-hydrogen) atoms. The van der Waals surface area contributed by atoms with Crippen molar-refractivity contribution in [1.82, 2.24) is 9.78 Å². The molecule has 1 aromatic heterocycles. The summed E-state index contributed by atoms with van der Waals surface area (Å²) < 4.78 is 7.47. The van der Waals surface area contributed by atoms with Gasteiger partial charge in [-0.3, -0.25) is 4.68 Å². The van der Waals surface area contributed by atoms with Crippen molar-refractivity contribution < 1.29 is 4.74 Å². The zero-order chi connectivity index (χ0) is 10.7. The Morgan fingerprint density at radius 2 is 2.60 bits per heavy atom. The minimum atomic E-state index is 0.169. The summed E-state index contributed by atoms with van der Waals surface area (Å²) in [6, 6.07) is 2.21. The second-order valence-corrected chi connectivity index (χ2v) is 4.20.